The van der Waals surface area contributed by atoms with Crippen LogP contribution in [-0.2, 0) is 17.8 Å². The molecule has 24 heavy (non-hydrogen) atoms. The van der Waals surface area contributed by atoms with E-state index in [1.807, 2.05) is 6.07 Å². The number of nitrogens with zero attached hydrogens (tertiary/aromatic N) is 1. The summed E-state index contributed by atoms with van der Waals surface area (Å²) in [6.07, 6.45) is 1.86. The van der Waals surface area contributed by atoms with E-state index in [1.54, 1.807) is 29.2 Å². The zero-order valence-corrected chi connectivity index (χ0v) is 13.7. The summed E-state index contributed by atoms with van der Waals surface area (Å²) in [5.74, 6) is -0.527. The predicted octanol–water partition coefficient (Wildman–Crippen LogP) is 1.88. The van der Waals surface area contributed by atoms with Gasteiger partial charge in [0.2, 0.25) is 5.91 Å². The molecular formula is C17H17N3O3S. The van der Waals surface area contributed by atoms with Crippen molar-refractivity contribution in [3.63, 3.8) is 0 Å². The molecular weight excluding hydrogens is 326 g/mol. The van der Waals surface area contributed by atoms with Gasteiger partial charge in [-0.1, -0.05) is 18.2 Å². The van der Waals surface area contributed by atoms with E-state index >= 15 is 0 Å². The van der Waals surface area contributed by atoms with Gasteiger partial charge in [-0.05, 0) is 24.1 Å². The molecule has 0 aliphatic carbocycles. The molecule has 3 N–H and O–H groups in total. The van der Waals surface area contributed by atoms with Gasteiger partial charge in [0.1, 0.15) is 11.6 Å². The summed E-state index contributed by atoms with van der Waals surface area (Å²) in [6.45, 7) is 0.410. The minimum absolute atomic E-state index is 0.222. The van der Waals surface area contributed by atoms with Gasteiger partial charge in [-0.15, -0.1) is 11.3 Å². The molecule has 124 valence electrons. The standard InChI is InChI=1S/C17H17N3O3S/c18-8-13-12-6-7-20(15(22)10-21)9-14(12)24-17(13)19-16(23)11-4-2-1-3-5-11/h1-5,8,18,21H,6-7,9-10H2,(H,19,23). The number of benzene rings is 1. The monoisotopic (exact) mass is 343 g/mol. The van der Waals surface area contributed by atoms with E-state index in [1.165, 1.54) is 17.6 Å². The number of carbonyl (C=O) groups is 2. The molecule has 0 atom stereocenters. The second-order valence-electron chi connectivity index (χ2n) is 5.43. The minimum atomic E-state index is -0.504. The van der Waals surface area contributed by atoms with E-state index in [0.29, 0.717) is 35.6 Å². The van der Waals surface area contributed by atoms with Crippen molar-refractivity contribution in [2.75, 3.05) is 18.5 Å². The lowest BCUT2D eigenvalue weighted by Gasteiger charge is -2.26. The van der Waals surface area contributed by atoms with E-state index in [9.17, 15) is 9.59 Å². The van der Waals surface area contributed by atoms with Crippen molar-refractivity contribution in [3.8, 4) is 0 Å². The van der Waals surface area contributed by atoms with Crippen LogP contribution < -0.4 is 5.32 Å². The predicted molar refractivity (Wildman–Crippen MR) is 92.8 cm³/mol. The third kappa shape index (κ3) is 3.08. The highest BCUT2D eigenvalue weighted by atomic mass is 32.1. The molecule has 0 spiro atoms. The molecule has 2 aromatic rings. The van der Waals surface area contributed by atoms with Crippen LogP contribution in [0.4, 0.5) is 5.00 Å². The molecule has 1 aliphatic rings. The Labute approximate surface area is 143 Å². The summed E-state index contributed by atoms with van der Waals surface area (Å²) >= 11 is 1.38. The van der Waals surface area contributed by atoms with Gasteiger partial charge < -0.3 is 20.7 Å². The lowest BCUT2D eigenvalue weighted by atomic mass is 10.0. The molecule has 0 saturated carbocycles. The third-order valence-corrected chi connectivity index (χ3v) is 5.14. The van der Waals surface area contributed by atoms with Crippen LogP contribution in [0.3, 0.4) is 0 Å². The number of carbonyl (C=O) groups excluding carboxylic acids is 2. The number of hydrogen-bond acceptors (Lipinski definition) is 5. The number of hydrogen-bond donors (Lipinski definition) is 3. The van der Waals surface area contributed by atoms with Crippen LogP contribution in [0.15, 0.2) is 30.3 Å². The number of amides is 2. The molecule has 0 saturated heterocycles. The Morgan fingerprint density at radius 3 is 2.75 bits per heavy atom. The number of aliphatic hydroxyl groups excluding tert-OH is 1. The maximum Gasteiger partial charge on any atom is 0.256 e. The summed E-state index contributed by atoms with van der Waals surface area (Å²) in [4.78, 5) is 26.5. The average molecular weight is 343 g/mol. The van der Waals surface area contributed by atoms with Gasteiger partial charge in [0.05, 0.1) is 6.54 Å². The molecule has 1 aromatic carbocycles. The summed E-state index contributed by atoms with van der Waals surface area (Å²) in [7, 11) is 0. The van der Waals surface area contributed by atoms with Crippen LogP contribution in [0.1, 0.15) is 26.4 Å². The fourth-order valence-corrected chi connectivity index (χ4v) is 3.99. The van der Waals surface area contributed by atoms with Gasteiger partial charge in [-0.2, -0.15) is 0 Å². The average Bonchev–Trinajstić information content (AvgIpc) is 2.97. The van der Waals surface area contributed by atoms with Gasteiger partial charge in [0.25, 0.3) is 5.91 Å². The smallest absolute Gasteiger partial charge is 0.256 e. The minimum Gasteiger partial charge on any atom is -0.387 e. The van der Waals surface area contributed by atoms with Crippen molar-refractivity contribution in [1.29, 1.82) is 5.41 Å². The maximum atomic E-state index is 12.3. The van der Waals surface area contributed by atoms with Crippen LogP contribution in [0.5, 0.6) is 0 Å². The van der Waals surface area contributed by atoms with Crippen LogP contribution in [0.25, 0.3) is 0 Å². The van der Waals surface area contributed by atoms with E-state index in [0.717, 1.165) is 10.4 Å². The summed E-state index contributed by atoms with van der Waals surface area (Å²) < 4.78 is 0. The molecule has 0 unspecified atom stereocenters. The van der Waals surface area contributed by atoms with Crippen molar-refractivity contribution in [1.82, 2.24) is 4.90 Å². The molecule has 0 radical (unpaired) electrons. The highest BCUT2D eigenvalue weighted by molar-refractivity contribution is 7.17. The summed E-state index contributed by atoms with van der Waals surface area (Å²) in [5.41, 5.74) is 2.26. The fourth-order valence-electron chi connectivity index (χ4n) is 2.75. The van der Waals surface area contributed by atoms with Gasteiger partial charge in [0.15, 0.2) is 0 Å². The second-order valence-corrected chi connectivity index (χ2v) is 6.54. The zero-order chi connectivity index (χ0) is 17.1. The van der Waals surface area contributed by atoms with Crippen LogP contribution in [-0.4, -0.2) is 41.2 Å². The van der Waals surface area contributed by atoms with Crippen molar-refractivity contribution in [2.45, 2.75) is 13.0 Å². The second kappa shape index (κ2) is 6.94. The first-order valence-electron chi connectivity index (χ1n) is 7.54. The Morgan fingerprint density at radius 1 is 1.33 bits per heavy atom. The van der Waals surface area contributed by atoms with Crippen LogP contribution in [0, 0.1) is 5.41 Å². The first kappa shape index (κ1) is 16.4. The molecule has 7 heteroatoms. The Balaban J connectivity index is 1.85. The molecule has 6 nitrogen and oxygen atoms in total. The first-order valence-corrected chi connectivity index (χ1v) is 8.35. The molecule has 0 fully saturated rings. The molecule has 1 aromatic heterocycles. The molecule has 1 aliphatic heterocycles. The molecule has 3 rings (SSSR count). The summed E-state index contributed by atoms with van der Waals surface area (Å²) in [6, 6.07) is 8.90. The topological polar surface area (TPSA) is 93.5 Å². The highest BCUT2D eigenvalue weighted by Crippen LogP contribution is 2.36. The first-order chi connectivity index (χ1) is 11.6. The summed E-state index contributed by atoms with van der Waals surface area (Å²) in [5, 5.41) is 20.2. The SMILES string of the molecule is N=Cc1c(NC(=O)c2ccccc2)sc2c1CCN(C(=O)CO)C2. The molecule has 2 heterocycles. The van der Waals surface area contributed by atoms with E-state index in [2.05, 4.69) is 5.32 Å². The fraction of sp³-hybridized carbons (Fsp3) is 0.235. The number of aliphatic hydroxyl groups is 1. The van der Waals surface area contributed by atoms with Gasteiger partial charge in [-0.25, -0.2) is 0 Å². The Kier molecular flexibility index (Phi) is 4.73. The lowest BCUT2D eigenvalue weighted by Crippen LogP contribution is -2.37. The number of thiophene rings is 1. The van der Waals surface area contributed by atoms with Crippen LogP contribution in [0.2, 0.25) is 0 Å². The van der Waals surface area contributed by atoms with Crippen molar-refractivity contribution < 1.29 is 14.7 Å². The Bertz CT molecular complexity index is 786. The number of nitrogens with one attached hydrogen (secondary N) is 2. The third-order valence-electron chi connectivity index (χ3n) is 3.99. The van der Waals surface area contributed by atoms with Gasteiger partial charge in [0, 0.05) is 28.8 Å². The van der Waals surface area contributed by atoms with Crippen LogP contribution >= 0.6 is 11.3 Å². The van der Waals surface area contributed by atoms with E-state index < -0.39 is 6.61 Å². The zero-order valence-electron chi connectivity index (χ0n) is 12.9. The quantitative estimate of drug-likeness (QED) is 0.740. The van der Waals surface area contributed by atoms with E-state index in [-0.39, 0.29) is 11.8 Å². The maximum absolute atomic E-state index is 12.3. The highest BCUT2D eigenvalue weighted by Gasteiger charge is 2.26. The molecule has 2 amide bonds. The number of fused-ring (bicyclic) bond motifs is 1. The Morgan fingerprint density at radius 2 is 2.08 bits per heavy atom. The van der Waals surface area contributed by atoms with E-state index in [4.69, 9.17) is 10.5 Å². The van der Waals surface area contributed by atoms with Crippen molar-refractivity contribution in [2.24, 2.45) is 0 Å². The largest absolute Gasteiger partial charge is 0.387 e. The van der Waals surface area contributed by atoms with Crippen molar-refractivity contribution >= 4 is 34.4 Å². The lowest BCUT2D eigenvalue weighted by molar-refractivity contribution is -0.135. The normalized spacial score (nSPS) is 13.3. The number of anilines is 1. The molecule has 0 bridgehead atoms. The van der Waals surface area contributed by atoms with Crippen molar-refractivity contribution in [3.05, 3.63) is 51.9 Å². The Hall–Kier alpha value is -2.51. The van der Waals surface area contributed by atoms with Gasteiger partial charge in [-0.3, -0.25) is 9.59 Å². The number of rotatable bonds is 4. The van der Waals surface area contributed by atoms with Gasteiger partial charge >= 0.3 is 0 Å².